The van der Waals surface area contributed by atoms with E-state index in [0.717, 1.165) is 35.8 Å². The summed E-state index contributed by atoms with van der Waals surface area (Å²) in [4.78, 5) is 18.9. The van der Waals surface area contributed by atoms with Crippen LogP contribution >= 0.6 is 0 Å². The number of hydrogen-bond acceptors (Lipinski definition) is 2. The normalized spacial score (nSPS) is 18.8. The number of fused-ring (bicyclic) bond motifs is 2. The highest BCUT2D eigenvalue weighted by atomic mass is 19.4. The molecule has 2 aromatic carbocycles. The predicted octanol–water partition coefficient (Wildman–Crippen LogP) is 4.73. The van der Waals surface area contributed by atoms with Crippen LogP contribution in [0.4, 0.5) is 13.2 Å². The van der Waals surface area contributed by atoms with Crippen molar-refractivity contribution in [2.45, 2.75) is 50.5 Å². The molecule has 1 atom stereocenters. The lowest BCUT2D eigenvalue weighted by molar-refractivity contribution is -0.148. The van der Waals surface area contributed by atoms with Crippen LogP contribution in [0.15, 0.2) is 48.5 Å². The molecular formula is C22H20F3N3O. The van der Waals surface area contributed by atoms with Crippen molar-refractivity contribution in [2.24, 2.45) is 0 Å². The SMILES string of the molecule is O=C(Cn1c(C(F)(F)F)nc2ccccc21)N(C1CC1)C1CCc2ccccc21. The van der Waals surface area contributed by atoms with E-state index in [1.54, 1.807) is 18.2 Å². The lowest BCUT2D eigenvalue weighted by Gasteiger charge is -2.30. The Bertz CT molecular complexity index is 1080. The summed E-state index contributed by atoms with van der Waals surface area (Å²) in [6, 6.07) is 14.5. The van der Waals surface area contributed by atoms with Crippen molar-refractivity contribution in [3.05, 3.63) is 65.5 Å². The van der Waals surface area contributed by atoms with E-state index in [1.165, 1.54) is 11.6 Å². The third kappa shape index (κ3) is 3.18. The molecule has 1 unspecified atom stereocenters. The van der Waals surface area contributed by atoms with Gasteiger partial charge in [-0.2, -0.15) is 13.2 Å². The maximum absolute atomic E-state index is 13.6. The molecule has 1 amide bonds. The molecule has 5 rings (SSSR count). The second-order valence-corrected chi connectivity index (χ2v) is 7.79. The highest BCUT2D eigenvalue weighted by molar-refractivity contribution is 5.82. The van der Waals surface area contributed by atoms with Crippen LogP contribution in [0.2, 0.25) is 0 Å². The number of amides is 1. The summed E-state index contributed by atoms with van der Waals surface area (Å²) in [5, 5.41) is 0. The van der Waals surface area contributed by atoms with Crippen LogP contribution in [0.5, 0.6) is 0 Å². The van der Waals surface area contributed by atoms with Crippen molar-refractivity contribution in [3.8, 4) is 0 Å². The molecule has 150 valence electrons. The minimum absolute atomic E-state index is 0.0599. The van der Waals surface area contributed by atoms with Crippen molar-refractivity contribution >= 4 is 16.9 Å². The zero-order valence-electron chi connectivity index (χ0n) is 15.7. The smallest absolute Gasteiger partial charge is 0.331 e. The number of aromatic nitrogens is 2. The van der Waals surface area contributed by atoms with E-state index in [-0.39, 0.29) is 30.1 Å². The molecule has 7 heteroatoms. The van der Waals surface area contributed by atoms with Gasteiger partial charge in [-0.1, -0.05) is 36.4 Å². The summed E-state index contributed by atoms with van der Waals surface area (Å²) in [7, 11) is 0. The third-order valence-electron chi connectivity index (χ3n) is 5.87. The maximum Gasteiger partial charge on any atom is 0.449 e. The number of rotatable bonds is 4. The summed E-state index contributed by atoms with van der Waals surface area (Å²) >= 11 is 0. The number of alkyl halides is 3. The van der Waals surface area contributed by atoms with Gasteiger partial charge in [0.2, 0.25) is 11.7 Å². The van der Waals surface area contributed by atoms with E-state index in [2.05, 4.69) is 11.1 Å². The molecular weight excluding hydrogens is 379 g/mol. The van der Waals surface area contributed by atoms with Crippen molar-refractivity contribution in [1.82, 2.24) is 14.5 Å². The second-order valence-electron chi connectivity index (χ2n) is 7.79. The van der Waals surface area contributed by atoms with E-state index in [4.69, 9.17) is 0 Å². The second kappa shape index (κ2) is 6.61. The van der Waals surface area contributed by atoms with Gasteiger partial charge in [0.25, 0.3) is 0 Å². The topological polar surface area (TPSA) is 38.1 Å². The molecule has 0 bridgehead atoms. The zero-order valence-corrected chi connectivity index (χ0v) is 15.7. The zero-order chi connectivity index (χ0) is 20.2. The van der Waals surface area contributed by atoms with Crippen LogP contribution in [0.1, 0.15) is 42.3 Å². The Hall–Kier alpha value is -2.83. The summed E-state index contributed by atoms with van der Waals surface area (Å²) < 4.78 is 41.8. The molecule has 0 saturated heterocycles. The first-order chi connectivity index (χ1) is 13.9. The fourth-order valence-corrected chi connectivity index (χ4v) is 4.48. The summed E-state index contributed by atoms with van der Waals surface area (Å²) in [5.74, 6) is -1.29. The van der Waals surface area contributed by atoms with Crippen LogP contribution in [-0.2, 0) is 23.9 Å². The fraction of sp³-hybridized carbons (Fsp3) is 0.364. The number of carbonyl (C=O) groups excluding carboxylic acids is 1. The standard InChI is InChI=1S/C22H20F3N3O/c23-22(24,25)21-26-17-7-3-4-8-19(17)27(21)13-20(29)28(15-10-11-15)18-12-9-14-5-1-2-6-16(14)18/h1-8,15,18H,9-13H2. The first-order valence-corrected chi connectivity index (χ1v) is 9.85. The number of aryl methyl sites for hydroxylation is 1. The van der Waals surface area contributed by atoms with Gasteiger partial charge in [0.15, 0.2) is 0 Å². The molecule has 1 aromatic heterocycles. The first-order valence-electron chi connectivity index (χ1n) is 9.85. The Balaban J connectivity index is 1.51. The predicted molar refractivity (Wildman–Crippen MR) is 102 cm³/mol. The lowest BCUT2D eigenvalue weighted by atomic mass is 10.1. The van der Waals surface area contributed by atoms with E-state index >= 15 is 0 Å². The Labute approximate surface area is 165 Å². The monoisotopic (exact) mass is 399 g/mol. The molecule has 2 aliphatic carbocycles. The Morgan fingerprint density at radius 3 is 2.55 bits per heavy atom. The summed E-state index contributed by atoms with van der Waals surface area (Å²) in [6.07, 6.45) is -1.11. The number of benzene rings is 2. The minimum atomic E-state index is -4.62. The molecule has 3 aromatic rings. The number of para-hydroxylation sites is 2. The molecule has 0 N–H and O–H groups in total. The van der Waals surface area contributed by atoms with Crippen LogP contribution < -0.4 is 0 Å². The van der Waals surface area contributed by atoms with Gasteiger partial charge in [-0.25, -0.2) is 4.98 Å². The van der Waals surface area contributed by atoms with Gasteiger partial charge in [-0.3, -0.25) is 4.79 Å². The molecule has 2 aliphatic rings. The fourth-order valence-electron chi connectivity index (χ4n) is 4.48. The molecule has 1 heterocycles. The molecule has 0 aliphatic heterocycles. The number of halogens is 3. The van der Waals surface area contributed by atoms with E-state index < -0.39 is 12.0 Å². The van der Waals surface area contributed by atoms with Crippen molar-refractivity contribution in [3.63, 3.8) is 0 Å². The van der Waals surface area contributed by atoms with Crippen LogP contribution in [0.3, 0.4) is 0 Å². The largest absolute Gasteiger partial charge is 0.449 e. The summed E-state index contributed by atoms with van der Waals surface area (Å²) in [5.41, 5.74) is 2.92. The van der Waals surface area contributed by atoms with Crippen molar-refractivity contribution in [2.75, 3.05) is 0 Å². The van der Waals surface area contributed by atoms with Gasteiger partial charge >= 0.3 is 6.18 Å². The van der Waals surface area contributed by atoms with Gasteiger partial charge < -0.3 is 9.47 Å². The third-order valence-corrected chi connectivity index (χ3v) is 5.87. The molecule has 29 heavy (non-hydrogen) atoms. The van der Waals surface area contributed by atoms with E-state index in [9.17, 15) is 18.0 Å². The number of nitrogens with zero attached hydrogens (tertiary/aromatic N) is 3. The van der Waals surface area contributed by atoms with Crippen molar-refractivity contribution in [1.29, 1.82) is 0 Å². The van der Waals surface area contributed by atoms with Gasteiger partial charge in [0.1, 0.15) is 6.54 Å². The Morgan fingerprint density at radius 2 is 1.79 bits per heavy atom. The van der Waals surface area contributed by atoms with Crippen LogP contribution in [-0.4, -0.2) is 26.4 Å². The first kappa shape index (κ1) is 18.2. The number of imidazole rings is 1. The van der Waals surface area contributed by atoms with Crippen LogP contribution in [0.25, 0.3) is 11.0 Å². The Kier molecular flexibility index (Phi) is 4.15. The number of hydrogen-bond donors (Lipinski definition) is 0. The quantitative estimate of drug-likeness (QED) is 0.636. The van der Waals surface area contributed by atoms with Gasteiger partial charge in [-0.05, 0) is 48.9 Å². The lowest BCUT2D eigenvalue weighted by Crippen LogP contribution is -2.38. The number of carbonyl (C=O) groups is 1. The molecule has 0 radical (unpaired) electrons. The van der Waals surface area contributed by atoms with Crippen LogP contribution in [0, 0.1) is 0 Å². The average Bonchev–Trinajstić information content (AvgIpc) is 3.32. The van der Waals surface area contributed by atoms with Gasteiger partial charge in [-0.15, -0.1) is 0 Å². The van der Waals surface area contributed by atoms with Gasteiger partial charge in [0, 0.05) is 6.04 Å². The van der Waals surface area contributed by atoms with E-state index in [1.807, 2.05) is 23.1 Å². The average molecular weight is 399 g/mol. The molecule has 1 saturated carbocycles. The molecule has 4 nitrogen and oxygen atoms in total. The van der Waals surface area contributed by atoms with Crippen molar-refractivity contribution < 1.29 is 18.0 Å². The molecule has 0 spiro atoms. The minimum Gasteiger partial charge on any atom is -0.331 e. The van der Waals surface area contributed by atoms with Gasteiger partial charge in [0.05, 0.1) is 17.1 Å². The molecule has 1 fully saturated rings. The highest BCUT2D eigenvalue weighted by Gasteiger charge is 2.42. The maximum atomic E-state index is 13.6. The van der Waals surface area contributed by atoms with E-state index in [0.29, 0.717) is 5.52 Å². The summed E-state index contributed by atoms with van der Waals surface area (Å²) in [6.45, 7) is -0.357. The Morgan fingerprint density at radius 1 is 1.07 bits per heavy atom. The highest BCUT2D eigenvalue weighted by Crippen LogP contribution is 2.42.